The standard InChI is InChI=1S/C14H28N4O2S/c1-3-18-7-4-5-12(10-18)9-16-14(15-2)17-13-6-8-21(19,20)11-13/h12-13H,3-11H2,1-2H3,(H2,15,16,17). The summed E-state index contributed by atoms with van der Waals surface area (Å²) in [4.78, 5) is 6.69. The average Bonchev–Trinajstić information content (AvgIpc) is 2.82. The minimum Gasteiger partial charge on any atom is -0.356 e. The van der Waals surface area contributed by atoms with Gasteiger partial charge in [-0.05, 0) is 38.3 Å². The highest BCUT2D eigenvalue weighted by Crippen LogP contribution is 2.15. The molecule has 122 valence electrons. The molecule has 2 rings (SSSR count). The molecule has 2 atom stereocenters. The number of nitrogens with one attached hydrogen (secondary N) is 2. The van der Waals surface area contributed by atoms with E-state index in [2.05, 4.69) is 27.4 Å². The maximum absolute atomic E-state index is 11.5. The molecule has 0 spiro atoms. The van der Waals surface area contributed by atoms with Gasteiger partial charge in [-0.1, -0.05) is 6.92 Å². The molecule has 0 aromatic rings. The molecule has 2 fully saturated rings. The number of sulfone groups is 1. The predicted octanol–water partition coefficient (Wildman–Crippen LogP) is 0.0704. The zero-order chi connectivity index (χ0) is 15.3. The van der Waals surface area contributed by atoms with Gasteiger partial charge in [-0.3, -0.25) is 4.99 Å². The molecule has 21 heavy (non-hydrogen) atoms. The summed E-state index contributed by atoms with van der Waals surface area (Å²) in [5.74, 6) is 1.88. The zero-order valence-electron chi connectivity index (χ0n) is 13.1. The molecule has 7 heteroatoms. The van der Waals surface area contributed by atoms with E-state index in [1.54, 1.807) is 7.05 Å². The van der Waals surface area contributed by atoms with Gasteiger partial charge in [0.2, 0.25) is 0 Å². The molecule has 0 aromatic carbocycles. The fourth-order valence-electron chi connectivity index (χ4n) is 3.14. The summed E-state index contributed by atoms with van der Waals surface area (Å²) in [6.45, 7) is 6.56. The van der Waals surface area contributed by atoms with Crippen LogP contribution in [0.1, 0.15) is 26.2 Å². The van der Waals surface area contributed by atoms with Gasteiger partial charge in [-0.15, -0.1) is 0 Å². The summed E-state index contributed by atoms with van der Waals surface area (Å²) in [5.41, 5.74) is 0. The number of hydrogen-bond donors (Lipinski definition) is 2. The lowest BCUT2D eigenvalue weighted by Crippen LogP contribution is -2.47. The Hall–Kier alpha value is -0.820. The SMILES string of the molecule is CCN1CCCC(CNC(=NC)NC2CCS(=O)(=O)C2)C1. The number of hydrogen-bond acceptors (Lipinski definition) is 4. The van der Waals surface area contributed by atoms with Gasteiger partial charge < -0.3 is 15.5 Å². The Morgan fingerprint density at radius 1 is 1.38 bits per heavy atom. The Kier molecular flexibility index (Phi) is 5.87. The average molecular weight is 316 g/mol. The van der Waals surface area contributed by atoms with Gasteiger partial charge in [0.25, 0.3) is 0 Å². The molecule has 2 saturated heterocycles. The fraction of sp³-hybridized carbons (Fsp3) is 0.929. The molecule has 6 nitrogen and oxygen atoms in total. The molecule has 2 aliphatic heterocycles. The van der Waals surface area contributed by atoms with Gasteiger partial charge in [-0.25, -0.2) is 8.42 Å². The third kappa shape index (κ3) is 5.14. The van der Waals surface area contributed by atoms with Crippen molar-refractivity contribution in [2.24, 2.45) is 10.9 Å². The van der Waals surface area contributed by atoms with Crippen molar-refractivity contribution in [2.75, 3.05) is 44.7 Å². The quantitative estimate of drug-likeness (QED) is 0.567. The van der Waals surface area contributed by atoms with Crippen molar-refractivity contribution in [3.63, 3.8) is 0 Å². The third-order valence-corrected chi connectivity index (χ3v) is 6.17. The van der Waals surface area contributed by atoms with Crippen LogP contribution in [0.3, 0.4) is 0 Å². The van der Waals surface area contributed by atoms with Crippen molar-refractivity contribution >= 4 is 15.8 Å². The Bertz CT molecular complexity index is 464. The minimum absolute atomic E-state index is 0.000281. The van der Waals surface area contributed by atoms with Gasteiger partial charge in [0, 0.05) is 26.2 Å². The van der Waals surface area contributed by atoms with Crippen LogP contribution in [0.25, 0.3) is 0 Å². The molecular weight excluding hydrogens is 288 g/mol. The molecule has 0 saturated carbocycles. The summed E-state index contributed by atoms with van der Waals surface area (Å²) in [6.07, 6.45) is 3.18. The molecule has 2 heterocycles. The minimum atomic E-state index is -2.85. The van der Waals surface area contributed by atoms with Crippen molar-refractivity contribution in [3.8, 4) is 0 Å². The first-order chi connectivity index (χ1) is 10.0. The topological polar surface area (TPSA) is 73.8 Å². The van der Waals surface area contributed by atoms with Crippen LogP contribution in [0.5, 0.6) is 0 Å². The number of guanidine groups is 1. The van der Waals surface area contributed by atoms with Gasteiger partial charge in [0.1, 0.15) is 0 Å². The summed E-state index contributed by atoms with van der Waals surface area (Å²) < 4.78 is 23.0. The van der Waals surface area contributed by atoms with Crippen LogP contribution in [0.2, 0.25) is 0 Å². The van der Waals surface area contributed by atoms with Crippen molar-refractivity contribution in [2.45, 2.75) is 32.2 Å². The number of rotatable bonds is 4. The number of aliphatic imine (C=N–C) groups is 1. The van der Waals surface area contributed by atoms with E-state index in [0.29, 0.717) is 12.3 Å². The van der Waals surface area contributed by atoms with E-state index >= 15 is 0 Å². The van der Waals surface area contributed by atoms with E-state index in [9.17, 15) is 8.42 Å². The van der Waals surface area contributed by atoms with Crippen LogP contribution in [0, 0.1) is 5.92 Å². The van der Waals surface area contributed by atoms with E-state index in [1.807, 2.05) is 0 Å². The van der Waals surface area contributed by atoms with Gasteiger partial charge >= 0.3 is 0 Å². The number of piperidine rings is 1. The fourth-order valence-corrected chi connectivity index (χ4v) is 4.82. The lowest BCUT2D eigenvalue weighted by atomic mass is 9.98. The van der Waals surface area contributed by atoms with Crippen LogP contribution < -0.4 is 10.6 Å². The molecule has 0 amide bonds. The van der Waals surface area contributed by atoms with Crippen LogP contribution in [0.4, 0.5) is 0 Å². The first kappa shape index (κ1) is 16.5. The number of nitrogens with zero attached hydrogens (tertiary/aromatic N) is 2. The Morgan fingerprint density at radius 2 is 2.19 bits per heavy atom. The lowest BCUT2D eigenvalue weighted by Gasteiger charge is -2.32. The monoisotopic (exact) mass is 316 g/mol. The van der Waals surface area contributed by atoms with E-state index in [-0.39, 0.29) is 17.5 Å². The molecular formula is C14H28N4O2S. The van der Waals surface area contributed by atoms with Crippen LogP contribution >= 0.6 is 0 Å². The van der Waals surface area contributed by atoms with Crippen molar-refractivity contribution in [1.82, 2.24) is 15.5 Å². The molecule has 0 bridgehead atoms. The highest BCUT2D eigenvalue weighted by Gasteiger charge is 2.28. The maximum atomic E-state index is 11.5. The summed E-state index contributed by atoms with van der Waals surface area (Å²) in [6, 6.07) is -0.000281. The lowest BCUT2D eigenvalue weighted by molar-refractivity contribution is 0.183. The first-order valence-corrected chi connectivity index (χ1v) is 9.74. The predicted molar refractivity (Wildman–Crippen MR) is 86.4 cm³/mol. The molecule has 2 aliphatic rings. The van der Waals surface area contributed by atoms with E-state index < -0.39 is 9.84 Å². The van der Waals surface area contributed by atoms with Crippen molar-refractivity contribution in [3.05, 3.63) is 0 Å². The first-order valence-electron chi connectivity index (χ1n) is 7.92. The molecule has 2 N–H and O–H groups in total. The van der Waals surface area contributed by atoms with Crippen LogP contribution in [-0.4, -0.2) is 70.1 Å². The van der Waals surface area contributed by atoms with Crippen molar-refractivity contribution in [1.29, 1.82) is 0 Å². The Morgan fingerprint density at radius 3 is 2.81 bits per heavy atom. The second-order valence-electron chi connectivity index (χ2n) is 6.10. The van der Waals surface area contributed by atoms with E-state index in [0.717, 1.165) is 25.6 Å². The highest BCUT2D eigenvalue weighted by atomic mass is 32.2. The van der Waals surface area contributed by atoms with Crippen LogP contribution in [0.15, 0.2) is 4.99 Å². The molecule has 0 aliphatic carbocycles. The largest absolute Gasteiger partial charge is 0.356 e. The van der Waals surface area contributed by atoms with Gasteiger partial charge in [0.05, 0.1) is 11.5 Å². The molecule has 0 aromatic heterocycles. The summed E-state index contributed by atoms with van der Waals surface area (Å²) in [7, 11) is -1.11. The maximum Gasteiger partial charge on any atom is 0.191 e. The van der Waals surface area contributed by atoms with E-state index in [4.69, 9.17) is 0 Å². The number of likely N-dealkylation sites (tertiary alicyclic amines) is 1. The van der Waals surface area contributed by atoms with Gasteiger partial charge in [-0.2, -0.15) is 0 Å². The summed E-state index contributed by atoms with van der Waals surface area (Å²) in [5, 5.41) is 6.59. The normalized spacial score (nSPS) is 30.3. The molecule has 0 radical (unpaired) electrons. The van der Waals surface area contributed by atoms with Gasteiger partial charge in [0.15, 0.2) is 15.8 Å². The zero-order valence-corrected chi connectivity index (χ0v) is 14.0. The third-order valence-electron chi connectivity index (χ3n) is 4.41. The Balaban J connectivity index is 1.75. The second kappa shape index (κ2) is 7.45. The second-order valence-corrected chi connectivity index (χ2v) is 8.33. The molecule has 2 unspecified atom stereocenters. The van der Waals surface area contributed by atoms with Crippen LogP contribution in [-0.2, 0) is 9.84 Å². The van der Waals surface area contributed by atoms with Crippen molar-refractivity contribution < 1.29 is 8.42 Å². The smallest absolute Gasteiger partial charge is 0.191 e. The summed E-state index contributed by atoms with van der Waals surface area (Å²) >= 11 is 0. The highest BCUT2D eigenvalue weighted by molar-refractivity contribution is 7.91. The Labute approximate surface area is 128 Å². The van der Waals surface area contributed by atoms with E-state index in [1.165, 1.54) is 19.4 Å².